The zero-order valence-electron chi connectivity index (χ0n) is 22.9. The van der Waals surface area contributed by atoms with Gasteiger partial charge in [0.1, 0.15) is 23.0 Å². The largest absolute Gasteiger partial charge is 0.465 e. The molecule has 214 valence electrons. The van der Waals surface area contributed by atoms with Crippen LogP contribution in [0, 0.1) is 18.6 Å². The molecule has 6 rings (SSSR count). The Bertz CT molecular complexity index is 1610. The number of benzene rings is 1. The van der Waals surface area contributed by atoms with E-state index in [9.17, 15) is 14.3 Å². The van der Waals surface area contributed by atoms with Crippen LogP contribution in [-0.4, -0.2) is 83.9 Å². The molecule has 0 spiro atoms. The number of hydrogen-bond acceptors (Lipinski definition) is 8. The van der Waals surface area contributed by atoms with Crippen molar-refractivity contribution < 1.29 is 23.4 Å². The van der Waals surface area contributed by atoms with E-state index < -0.39 is 17.7 Å². The Morgan fingerprint density at radius 1 is 1.12 bits per heavy atom. The summed E-state index contributed by atoms with van der Waals surface area (Å²) in [6.45, 7) is 8.30. The molecule has 4 aromatic rings. The van der Waals surface area contributed by atoms with Crippen molar-refractivity contribution in [2.45, 2.75) is 45.5 Å². The van der Waals surface area contributed by atoms with E-state index in [2.05, 4.69) is 30.2 Å². The molecule has 0 saturated carbocycles. The van der Waals surface area contributed by atoms with E-state index in [-0.39, 0.29) is 35.2 Å². The zero-order chi connectivity index (χ0) is 28.8. The van der Waals surface area contributed by atoms with Gasteiger partial charge in [0.25, 0.3) is 0 Å². The molecular formula is C28H30F2N8O3. The number of aromatic nitrogens is 5. The number of anilines is 2. The number of ether oxygens (including phenoxy) is 1. The third kappa shape index (κ3) is 5.18. The van der Waals surface area contributed by atoms with Crippen LogP contribution in [0.2, 0.25) is 0 Å². The Balaban J connectivity index is 1.18. The van der Waals surface area contributed by atoms with E-state index in [0.29, 0.717) is 55.5 Å². The van der Waals surface area contributed by atoms with E-state index in [1.807, 2.05) is 25.3 Å². The Morgan fingerprint density at radius 2 is 1.90 bits per heavy atom. The van der Waals surface area contributed by atoms with E-state index in [1.165, 1.54) is 17.0 Å². The number of imidazole rings is 1. The van der Waals surface area contributed by atoms with Crippen LogP contribution >= 0.6 is 0 Å². The number of fused-ring (bicyclic) bond motifs is 2. The number of nitrogens with zero attached hydrogens (tertiary/aromatic N) is 7. The van der Waals surface area contributed by atoms with Gasteiger partial charge in [-0.3, -0.25) is 9.80 Å². The number of nitrogens with one attached hydrogen (secondary N) is 1. The molecule has 2 N–H and O–H groups in total. The van der Waals surface area contributed by atoms with Crippen LogP contribution in [0.4, 0.5) is 25.3 Å². The molecule has 5 heterocycles. The lowest BCUT2D eigenvalue weighted by molar-refractivity contribution is -0.0383. The maximum atomic E-state index is 15.0. The summed E-state index contributed by atoms with van der Waals surface area (Å²) in [7, 11) is 0. The van der Waals surface area contributed by atoms with E-state index in [1.54, 1.807) is 18.5 Å². The van der Waals surface area contributed by atoms with E-state index in [0.717, 1.165) is 11.8 Å². The highest BCUT2D eigenvalue weighted by Crippen LogP contribution is 2.32. The van der Waals surface area contributed by atoms with Crippen LogP contribution in [0.25, 0.3) is 22.2 Å². The monoisotopic (exact) mass is 564 g/mol. The second-order valence-corrected chi connectivity index (χ2v) is 10.7. The second-order valence-electron chi connectivity index (χ2n) is 10.7. The predicted molar refractivity (Wildman–Crippen MR) is 147 cm³/mol. The molecule has 2 saturated heterocycles. The van der Waals surface area contributed by atoms with Crippen molar-refractivity contribution in [1.82, 2.24) is 34.3 Å². The summed E-state index contributed by atoms with van der Waals surface area (Å²) in [5.41, 5.74) is 2.25. The third-order valence-corrected chi connectivity index (χ3v) is 7.58. The van der Waals surface area contributed by atoms with Crippen molar-refractivity contribution in [3.8, 4) is 11.1 Å². The molecule has 2 aliphatic rings. The Labute approximate surface area is 234 Å². The van der Waals surface area contributed by atoms with Gasteiger partial charge < -0.3 is 19.7 Å². The summed E-state index contributed by atoms with van der Waals surface area (Å²) in [5.74, 6) is 0.142. The molecular weight excluding hydrogens is 534 g/mol. The van der Waals surface area contributed by atoms with Crippen molar-refractivity contribution in [3.05, 3.63) is 59.8 Å². The van der Waals surface area contributed by atoms with Gasteiger partial charge in [0.2, 0.25) is 5.95 Å². The molecule has 0 aliphatic carbocycles. The van der Waals surface area contributed by atoms with Gasteiger partial charge in [-0.1, -0.05) is 0 Å². The van der Waals surface area contributed by atoms with Gasteiger partial charge in [0.05, 0.1) is 30.5 Å². The third-order valence-electron chi connectivity index (χ3n) is 7.58. The first-order valence-electron chi connectivity index (χ1n) is 13.4. The highest BCUT2D eigenvalue weighted by molar-refractivity contribution is 5.84. The highest BCUT2D eigenvalue weighted by atomic mass is 19.1. The number of aryl methyl sites for hydroxylation is 1. The van der Waals surface area contributed by atoms with Crippen molar-refractivity contribution >= 4 is 28.9 Å². The minimum atomic E-state index is -0.926. The number of hydrogen-bond donors (Lipinski definition) is 2. The number of amides is 1. The molecule has 11 nitrogen and oxygen atoms in total. The summed E-state index contributed by atoms with van der Waals surface area (Å²) >= 11 is 0. The molecule has 41 heavy (non-hydrogen) atoms. The van der Waals surface area contributed by atoms with Crippen molar-refractivity contribution in [2.75, 3.05) is 31.6 Å². The molecule has 2 fully saturated rings. The lowest BCUT2D eigenvalue weighted by Gasteiger charge is -2.34. The van der Waals surface area contributed by atoms with Gasteiger partial charge >= 0.3 is 6.09 Å². The minimum absolute atomic E-state index is 0.0525. The Morgan fingerprint density at radius 3 is 2.63 bits per heavy atom. The van der Waals surface area contributed by atoms with Crippen molar-refractivity contribution in [1.29, 1.82) is 0 Å². The smallest absolute Gasteiger partial charge is 0.407 e. The first-order valence-corrected chi connectivity index (χ1v) is 13.4. The number of morpholine rings is 1. The number of pyridine rings is 1. The molecule has 3 aromatic heterocycles. The fraction of sp³-hybridized carbons (Fsp3) is 0.393. The highest BCUT2D eigenvalue weighted by Gasteiger charge is 2.42. The molecule has 1 aromatic carbocycles. The maximum absolute atomic E-state index is 15.0. The topological polar surface area (TPSA) is 122 Å². The summed E-state index contributed by atoms with van der Waals surface area (Å²) in [6.07, 6.45) is 3.36. The minimum Gasteiger partial charge on any atom is -0.465 e. The number of carbonyl (C=O) groups is 1. The zero-order valence-corrected chi connectivity index (χ0v) is 22.9. The van der Waals surface area contributed by atoms with Gasteiger partial charge in [-0.2, -0.15) is 0 Å². The van der Waals surface area contributed by atoms with Gasteiger partial charge in [-0.15, -0.1) is 0 Å². The average Bonchev–Trinajstić information content (AvgIpc) is 3.50. The first kappa shape index (κ1) is 27.0. The van der Waals surface area contributed by atoms with Crippen LogP contribution in [0.5, 0.6) is 0 Å². The maximum Gasteiger partial charge on any atom is 0.407 e. The van der Waals surface area contributed by atoms with Gasteiger partial charge in [0, 0.05) is 55.7 Å². The number of carboxylic acid groups (broad SMARTS) is 1. The van der Waals surface area contributed by atoms with E-state index >= 15 is 4.39 Å². The Hall–Kier alpha value is -4.23. The molecule has 2 atom stereocenters. The molecule has 0 bridgehead atoms. The summed E-state index contributed by atoms with van der Waals surface area (Å²) in [5, 5.41) is 12.5. The van der Waals surface area contributed by atoms with E-state index in [4.69, 9.17) is 4.74 Å². The molecule has 0 unspecified atom stereocenters. The number of rotatable bonds is 6. The molecule has 0 radical (unpaired) electrons. The van der Waals surface area contributed by atoms with Crippen molar-refractivity contribution in [2.24, 2.45) is 0 Å². The second kappa shape index (κ2) is 10.6. The number of likely N-dealkylation sites (tertiary alicyclic amines) is 1. The van der Waals surface area contributed by atoms with Gasteiger partial charge in [0.15, 0.2) is 5.82 Å². The fourth-order valence-corrected chi connectivity index (χ4v) is 5.81. The van der Waals surface area contributed by atoms with Crippen LogP contribution < -0.4 is 5.32 Å². The molecule has 2 aliphatic heterocycles. The summed E-state index contributed by atoms with van der Waals surface area (Å²) in [4.78, 5) is 32.3. The molecule has 1 amide bonds. The standard InChI is InChI=1S/C28H30F2N8O3/c1-15(2)38-16(3)34-26-20(29)6-18(7-22(26)38)19-8-25(31-11-21(19)30)35-27-32-9-17(10-33-27)12-36-13-23-24(14-36)41-5-4-37(23)28(39)40/h6-11,15,23-24H,4-5,12-14H2,1-3H3,(H,39,40)(H,31,32,33,35)/t23-,24+/m1/s1. The fourth-order valence-electron chi connectivity index (χ4n) is 5.81. The summed E-state index contributed by atoms with van der Waals surface area (Å²) < 4.78 is 37.6. The lowest BCUT2D eigenvalue weighted by Crippen LogP contribution is -2.52. The van der Waals surface area contributed by atoms with Crippen molar-refractivity contribution in [3.63, 3.8) is 0 Å². The molecule has 13 heteroatoms. The van der Waals surface area contributed by atoms with Crippen LogP contribution in [0.1, 0.15) is 31.3 Å². The van der Waals surface area contributed by atoms with Gasteiger partial charge in [-0.25, -0.2) is 33.5 Å². The van der Waals surface area contributed by atoms with Crippen LogP contribution in [-0.2, 0) is 11.3 Å². The van der Waals surface area contributed by atoms with Crippen LogP contribution in [0.3, 0.4) is 0 Å². The quantitative estimate of drug-likeness (QED) is 0.352. The predicted octanol–water partition coefficient (Wildman–Crippen LogP) is 4.36. The van der Waals surface area contributed by atoms with Gasteiger partial charge in [-0.05, 0) is 44.5 Å². The number of halogens is 2. The summed E-state index contributed by atoms with van der Waals surface area (Å²) in [6, 6.07) is 4.38. The normalized spacial score (nSPS) is 19.2. The lowest BCUT2D eigenvalue weighted by atomic mass is 10.0. The average molecular weight is 565 g/mol. The Kier molecular flexibility index (Phi) is 6.99. The SMILES string of the molecule is Cc1nc2c(F)cc(-c3cc(Nc4ncc(CN5C[C@@H]6OCCN(C(=O)O)[C@@H]6C5)cn4)ncc3F)cc2n1C(C)C. The van der Waals surface area contributed by atoms with Crippen LogP contribution in [0.15, 0.2) is 36.8 Å². The first-order chi connectivity index (χ1) is 19.7.